The molecule has 1 saturated carbocycles. The van der Waals surface area contributed by atoms with Gasteiger partial charge in [-0.2, -0.15) is 0 Å². The number of aliphatic hydroxyl groups excluding tert-OH is 1. The van der Waals surface area contributed by atoms with E-state index in [2.05, 4.69) is 47.6 Å². The molecule has 0 aromatic carbocycles. The van der Waals surface area contributed by atoms with Gasteiger partial charge in [-0.3, -0.25) is 4.79 Å². The van der Waals surface area contributed by atoms with Crippen LogP contribution in [0.3, 0.4) is 0 Å². The Hall–Kier alpha value is -0.630. The Bertz CT molecular complexity index is 466. The molecule has 0 spiro atoms. The number of ketones is 1. The molecule has 7 unspecified atom stereocenters. The lowest BCUT2D eigenvalue weighted by Crippen LogP contribution is -2.54. The van der Waals surface area contributed by atoms with Crippen LogP contribution in [0.15, 0.2) is 11.6 Å². The van der Waals surface area contributed by atoms with Crippen LogP contribution in [0, 0.1) is 40.9 Å². The van der Waals surface area contributed by atoms with Crippen molar-refractivity contribution in [3.63, 3.8) is 0 Å². The van der Waals surface area contributed by atoms with Gasteiger partial charge in [-0.15, -0.1) is 0 Å². The van der Waals surface area contributed by atoms with Gasteiger partial charge in [-0.05, 0) is 55.3 Å². The molecule has 0 aromatic rings. The molecular formula is C21H36O2. The predicted octanol–water partition coefficient (Wildman–Crippen LogP) is 4.86. The van der Waals surface area contributed by atoms with E-state index in [9.17, 15) is 9.90 Å². The maximum Gasteiger partial charge on any atom is 0.141 e. The normalized spacial score (nSPS) is 41.9. The van der Waals surface area contributed by atoms with Crippen LogP contribution in [0.2, 0.25) is 0 Å². The highest BCUT2D eigenvalue weighted by Crippen LogP contribution is 2.58. The number of rotatable bonds is 5. The standard InChI is InChI=1S/C21H36O2/c1-7-14(3)19-16(5)12-17-11-13(2)10-15(4)20(17)21(19,6)18(23)8-9-22/h12-15,17,19-20,22H,7-11H2,1-6H3. The van der Waals surface area contributed by atoms with Crippen molar-refractivity contribution in [2.24, 2.45) is 40.9 Å². The van der Waals surface area contributed by atoms with Gasteiger partial charge in [0.05, 0.1) is 0 Å². The van der Waals surface area contributed by atoms with Crippen molar-refractivity contribution in [3.05, 3.63) is 11.6 Å². The van der Waals surface area contributed by atoms with Gasteiger partial charge in [-0.1, -0.05) is 52.7 Å². The molecule has 132 valence electrons. The van der Waals surface area contributed by atoms with E-state index in [1.54, 1.807) is 0 Å². The Balaban J connectivity index is 2.53. The first kappa shape index (κ1) is 18.7. The van der Waals surface area contributed by atoms with Crippen molar-refractivity contribution in [1.82, 2.24) is 0 Å². The average Bonchev–Trinajstić information content (AvgIpc) is 2.45. The highest BCUT2D eigenvalue weighted by molar-refractivity contribution is 5.86. The van der Waals surface area contributed by atoms with Crippen molar-refractivity contribution in [2.45, 2.75) is 67.2 Å². The smallest absolute Gasteiger partial charge is 0.141 e. The van der Waals surface area contributed by atoms with Gasteiger partial charge in [0.15, 0.2) is 0 Å². The van der Waals surface area contributed by atoms with E-state index in [1.165, 1.54) is 18.4 Å². The Morgan fingerprint density at radius 2 is 2.04 bits per heavy atom. The number of aliphatic hydroxyl groups is 1. The summed E-state index contributed by atoms with van der Waals surface area (Å²) >= 11 is 0. The minimum atomic E-state index is -0.318. The van der Waals surface area contributed by atoms with Crippen molar-refractivity contribution < 1.29 is 9.90 Å². The van der Waals surface area contributed by atoms with Crippen molar-refractivity contribution in [1.29, 1.82) is 0 Å². The Morgan fingerprint density at radius 3 is 2.61 bits per heavy atom. The average molecular weight is 321 g/mol. The molecule has 0 bridgehead atoms. The van der Waals surface area contributed by atoms with Crippen molar-refractivity contribution >= 4 is 5.78 Å². The first-order valence-electron chi connectivity index (χ1n) is 9.59. The number of carbonyl (C=O) groups excluding carboxylic acids is 1. The molecule has 2 nitrogen and oxygen atoms in total. The molecule has 0 aromatic heterocycles. The first-order valence-corrected chi connectivity index (χ1v) is 9.59. The fourth-order valence-electron chi connectivity index (χ4n) is 6.25. The van der Waals surface area contributed by atoms with E-state index in [-0.39, 0.29) is 17.8 Å². The van der Waals surface area contributed by atoms with Gasteiger partial charge < -0.3 is 5.11 Å². The van der Waals surface area contributed by atoms with Gasteiger partial charge >= 0.3 is 0 Å². The Labute approximate surface area is 142 Å². The summed E-state index contributed by atoms with van der Waals surface area (Å²) in [4.78, 5) is 13.2. The zero-order chi connectivity index (χ0) is 17.4. The van der Waals surface area contributed by atoms with Crippen molar-refractivity contribution in [2.75, 3.05) is 6.61 Å². The molecular weight excluding hydrogens is 284 g/mol. The molecule has 0 aliphatic heterocycles. The van der Waals surface area contributed by atoms with Gasteiger partial charge in [0.1, 0.15) is 5.78 Å². The Morgan fingerprint density at radius 1 is 1.39 bits per heavy atom. The molecule has 0 amide bonds. The summed E-state index contributed by atoms with van der Waals surface area (Å²) in [5.41, 5.74) is 1.09. The molecule has 2 rings (SSSR count). The Kier molecular flexibility index (Phi) is 5.76. The number of hydrogen-bond acceptors (Lipinski definition) is 2. The summed E-state index contributed by atoms with van der Waals surface area (Å²) in [7, 11) is 0. The fraction of sp³-hybridized carbons (Fsp3) is 0.857. The second-order valence-corrected chi connectivity index (χ2v) is 8.70. The third-order valence-electron chi connectivity index (χ3n) is 6.98. The minimum absolute atomic E-state index is 0.0212. The van der Waals surface area contributed by atoms with Crippen LogP contribution < -0.4 is 0 Å². The van der Waals surface area contributed by atoms with Crippen LogP contribution >= 0.6 is 0 Å². The summed E-state index contributed by atoms with van der Waals surface area (Å²) in [5, 5.41) is 9.40. The van der Waals surface area contributed by atoms with Crippen molar-refractivity contribution in [3.8, 4) is 0 Å². The molecule has 1 N–H and O–H groups in total. The summed E-state index contributed by atoms with van der Waals surface area (Å²) in [6.07, 6.45) is 6.34. The fourth-order valence-corrected chi connectivity index (χ4v) is 6.25. The SMILES string of the molecule is CCC(C)C1C(C)=CC2CC(C)CC(C)C2C1(C)C(=O)CCO. The molecule has 0 radical (unpaired) electrons. The molecule has 2 heteroatoms. The first-order chi connectivity index (χ1) is 10.8. The van der Waals surface area contributed by atoms with Crippen LogP contribution in [-0.4, -0.2) is 17.5 Å². The summed E-state index contributed by atoms with van der Waals surface area (Å²) in [6.45, 7) is 13.7. The molecule has 2 aliphatic carbocycles. The van der Waals surface area contributed by atoms with E-state index < -0.39 is 0 Å². The summed E-state index contributed by atoms with van der Waals surface area (Å²) in [5.74, 6) is 3.39. The lowest BCUT2D eigenvalue weighted by Gasteiger charge is -2.56. The summed E-state index contributed by atoms with van der Waals surface area (Å²) < 4.78 is 0. The summed E-state index contributed by atoms with van der Waals surface area (Å²) in [6, 6.07) is 0. The molecule has 23 heavy (non-hydrogen) atoms. The number of fused-ring (bicyclic) bond motifs is 1. The van der Waals surface area contributed by atoms with Crippen LogP contribution in [0.1, 0.15) is 67.2 Å². The number of carbonyl (C=O) groups is 1. The van der Waals surface area contributed by atoms with E-state index in [0.717, 1.165) is 12.3 Å². The largest absolute Gasteiger partial charge is 0.396 e. The molecule has 1 fully saturated rings. The van der Waals surface area contributed by atoms with Crippen LogP contribution in [0.5, 0.6) is 0 Å². The lowest BCUT2D eigenvalue weighted by atomic mass is 9.47. The second-order valence-electron chi connectivity index (χ2n) is 8.70. The van der Waals surface area contributed by atoms with E-state index >= 15 is 0 Å². The monoisotopic (exact) mass is 320 g/mol. The van der Waals surface area contributed by atoms with Gasteiger partial charge in [-0.25, -0.2) is 0 Å². The highest BCUT2D eigenvalue weighted by Gasteiger charge is 2.56. The molecule has 7 atom stereocenters. The van der Waals surface area contributed by atoms with Gasteiger partial charge in [0.25, 0.3) is 0 Å². The third-order valence-corrected chi connectivity index (χ3v) is 6.98. The number of hydrogen-bond donors (Lipinski definition) is 1. The molecule has 0 saturated heterocycles. The number of Topliss-reactive ketones (excluding diaryl/α,β-unsaturated/α-hetero) is 1. The molecule has 0 heterocycles. The molecule has 2 aliphatic rings. The van der Waals surface area contributed by atoms with E-state index in [4.69, 9.17) is 0 Å². The minimum Gasteiger partial charge on any atom is -0.396 e. The van der Waals surface area contributed by atoms with Gasteiger partial charge in [0, 0.05) is 18.4 Å². The van der Waals surface area contributed by atoms with Crippen LogP contribution in [-0.2, 0) is 4.79 Å². The highest BCUT2D eigenvalue weighted by atomic mass is 16.3. The van der Waals surface area contributed by atoms with E-state index in [1.807, 2.05) is 0 Å². The quantitative estimate of drug-likeness (QED) is 0.734. The second kappa shape index (κ2) is 7.09. The number of allylic oxidation sites excluding steroid dienone is 2. The maximum atomic E-state index is 13.2. The topological polar surface area (TPSA) is 37.3 Å². The van der Waals surface area contributed by atoms with Crippen LogP contribution in [0.25, 0.3) is 0 Å². The maximum absolute atomic E-state index is 13.2. The predicted molar refractivity (Wildman–Crippen MR) is 96.1 cm³/mol. The zero-order valence-corrected chi connectivity index (χ0v) is 15.9. The van der Waals surface area contributed by atoms with Gasteiger partial charge in [0.2, 0.25) is 0 Å². The van der Waals surface area contributed by atoms with E-state index in [0.29, 0.717) is 36.0 Å². The lowest BCUT2D eigenvalue weighted by molar-refractivity contribution is -0.143. The van der Waals surface area contributed by atoms with Crippen LogP contribution in [0.4, 0.5) is 0 Å². The third kappa shape index (κ3) is 3.16. The zero-order valence-electron chi connectivity index (χ0n) is 15.9.